The van der Waals surface area contributed by atoms with Gasteiger partial charge in [-0.3, -0.25) is 4.90 Å². The van der Waals surface area contributed by atoms with Crippen molar-refractivity contribution in [2.24, 2.45) is 5.92 Å². The van der Waals surface area contributed by atoms with Crippen molar-refractivity contribution in [3.63, 3.8) is 0 Å². The third-order valence-corrected chi connectivity index (χ3v) is 4.12. The minimum atomic E-state index is -0.177. The van der Waals surface area contributed by atoms with Gasteiger partial charge in [-0.25, -0.2) is 0 Å². The minimum absolute atomic E-state index is 0.177. The Labute approximate surface area is 105 Å². The molecule has 0 bridgehead atoms. The van der Waals surface area contributed by atoms with Crippen molar-refractivity contribution in [1.29, 1.82) is 0 Å². The minimum Gasteiger partial charge on any atom is -0.393 e. The fourth-order valence-corrected chi connectivity index (χ4v) is 2.68. The van der Waals surface area contributed by atoms with E-state index in [-0.39, 0.29) is 6.10 Å². The van der Waals surface area contributed by atoms with Gasteiger partial charge in [0.25, 0.3) is 0 Å². The van der Waals surface area contributed by atoms with Gasteiger partial charge >= 0.3 is 0 Å². The maximum atomic E-state index is 9.55. The Bertz CT molecular complexity index is 354. The van der Waals surface area contributed by atoms with Crippen molar-refractivity contribution < 1.29 is 5.11 Å². The van der Waals surface area contributed by atoms with Gasteiger partial charge in [0.1, 0.15) is 0 Å². The van der Waals surface area contributed by atoms with E-state index in [0.29, 0.717) is 5.92 Å². The van der Waals surface area contributed by atoms with Crippen LogP contribution in [0.15, 0.2) is 28.7 Å². The second-order valence-corrected chi connectivity index (χ2v) is 5.47. The summed E-state index contributed by atoms with van der Waals surface area (Å²) in [5.41, 5.74) is 1.33. The number of nitrogens with zero attached hydrogens (tertiary/aromatic N) is 1. The van der Waals surface area contributed by atoms with E-state index >= 15 is 0 Å². The highest BCUT2D eigenvalue weighted by atomic mass is 79.9. The van der Waals surface area contributed by atoms with Crippen LogP contribution in [0.5, 0.6) is 0 Å². The van der Waals surface area contributed by atoms with Crippen LogP contribution in [0.25, 0.3) is 0 Å². The molecule has 1 N–H and O–H groups in total. The molecular formula is C13H18BrNO. The van der Waals surface area contributed by atoms with E-state index in [0.717, 1.165) is 26.1 Å². The summed E-state index contributed by atoms with van der Waals surface area (Å²) in [7, 11) is 0. The van der Waals surface area contributed by atoms with Crippen LogP contribution in [0, 0.1) is 5.92 Å². The Morgan fingerprint density at radius 1 is 1.50 bits per heavy atom. The molecule has 1 heterocycles. The van der Waals surface area contributed by atoms with E-state index in [1.165, 1.54) is 10.0 Å². The number of likely N-dealkylation sites (tertiary alicyclic amines) is 1. The quantitative estimate of drug-likeness (QED) is 0.922. The SMILES string of the molecule is CC(O)C1CCN(Cc2ccccc2Br)C1. The molecule has 1 saturated heterocycles. The van der Waals surface area contributed by atoms with E-state index in [2.05, 4.69) is 39.0 Å². The molecule has 16 heavy (non-hydrogen) atoms. The first-order valence-corrected chi connectivity index (χ1v) is 6.60. The van der Waals surface area contributed by atoms with Crippen LogP contribution >= 0.6 is 15.9 Å². The van der Waals surface area contributed by atoms with Crippen molar-refractivity contribution >= 4 is 15.9 Å². The molecular weight excluding hydrogens is 266 g/mol. The zero-order chi connectivity index (χ0) is 11.5. The van der Waals surface area contributed by atoms with Crippen LogP contribution in [-0.2, 0) is 6.54 Å². The van der Waals surface area contributed by atoms with Crippen LogP contribution in [0.3, 0.4) is 0 Å². The molecule has 3 heteroatoms. The highest BCUT2D eigenvalue weighted by molar-refractivity contribution is 9.10. The van der Waals surface area contributed by atoms with Gasteiger partial charge in [-0.05, 0) is 37.4 Å². The lowest BCUT2D eigenvalue weighted by atomic mass is 10.0. The summed E-state index contributed by atoms with van der Waals surface area (Å²) in [6, 6.07) is 8.34. The molecule has 2 atom stereocenters. The maximum absolute atomic E-state index is 9.55. The van der Waals surface area contributed by atoms with Crippen molar-refractivity contribution in [1.82, 2.24) is 4.90 Å². The molecule has 88 valence electrons. The van der Waals surface area contributed by atoms with Gasteiger partial charge in [0.2, 0.25) is 0 Å². The molecule has 1 aliphatic heterocycles. The van der Waals surface area contributed by atoms with Crippen LogP contribution in [0.2, 0.25) is 0 Å². The van der Waals surface area contributed by atoms with Crippen LogP contribution in [0.1, 0.15) is 18.9 Å². The average molecular weight is 284 g/mol. The summed E-state index contributed by atoms with van der Waals surface area (Å²) in [5, 5.41) is 9.55. The molecule has 0 spiro atoms. The summed E-state index contributed by atoms with van der Waals surface area (Å²) in [5.74, 6) is 0.447. The maximum Gasteiger partial charge on any atom is 0.0552 e. The number of hydrogen-bond acceptors (Lipinski definition) is 2. The van der Waals surface area contributed by atoms with Crippen LogP contribution in [0.4, 0.5) is 0 Å². The number of hydrogen-bond donors (Lipinski definition) is 1. The Morgan fingerprint density at radius 2 is 2.25 bits per heavy atom. The molecule has 0 radical (unpaired) electrons. The molecule has 0 saturated carbocycles. The summed E-state index contributed by atoms with van der Waals surface area (Å²) < 4.78 is 1.18. The molecule has 2 nitrogen and oxygen atoms in total. The van der Waals surface area contributed by atoms with Crippen LogP contribution in [-0.4, -0.2) is 29.2 Å². The zero-order valence-electron chi connectivity index (χ0n) is 9.56. The molecule has 2 unspecified atom stereocenters. The molecule has 1 aliphatic rings. The lowest BCUT2D eigenvalue weighted by Crippen LogP contribution is -2.24. The predicted octanol–water partition coefficient (Wildman–Crippen LogP) is 2.65. The van der Waals surface area contributed by atoms with E-state index in [9.17, 15) is 5.11 Å². The summed E-state index contributed by atoms with van der Waals surface area (Å²) in [4.78, 5) is 2.41. The highest BCUT2D eigenvalue weighted by Gasteiger charge is 2.25. The summed E-state index contributed by atoms with van der Waals surface area (Å²) in [6.45, 7) is 4.98. The Balaban J connectivity index is 1.95. The molecule has 0 amide bonds. The van der Waals surface area contributed by atoms with Gasteiger partial charge in [-0.1, -0.05) is 34.1 Å². The summed E-state index contributed by atoms with van der Waals surface area (Å²) in [6.07, 6.45) is 0.937. The van der Waals surface area contributed by atoms with Crippen LogP contribution < -0.4 is 0 Å². The third kappa shape index (κ3) is 2.84. The highest BCUT2D eigenvalue weighted by Crippen LogP contribution is 2.24. The third-order valence-electron chi connectivity index (χ3n) is 3.34. The standard InChI is InChI=1S/C13H18BrNO/c1-10(16)11-6-7-15(8-11)9-12-4-2-3-5-13(12)14/h2-5,10-11,16H,6-9H2,1H3. The average Bonchev–Trinajstić information content (AvgIpc) is 2.70. The van der Waals surface area contributed by atoms with Crippen molar-refractivity contribution in [2.75, 3.05) is 13.1 Å². The smallest absolute Gasteiger partial charge is 0.0552 e. The normalized spacial score (nSPS) is 23.6. The van der Waals surface area contributed by atoms with Crippen molar-refractivity contribution in [3.05, 3.63) is 34.3 Å². The van der Waals surface area contributed by atoms with E-state index in [1.807, 2.05) is 13.0 Å². The van der Waals surface area contributed by atoms with Crippen molar-refractivity contribution in [2.45, 2.75) is 26.0 Å². The summed E-state index contributed by atoms with van der Waals surface area (Å²) >= 11 is 3.57. The number of aliphatic hydroxyl groups is 1. The monoisotopic (exact) mass is 283 g/mol. The van der Waals surface area contributed by atoms with Gasteiger partial charge in [0, 0.05) is 17.6 Å². The lowest BCUT2D eigenvalue weighted by Gasteiger charge is -2.18. The van der Waals surface area contributed by atoms with Gasteiger partial charge in [0.15, 0.2) is 0 Å². The number of rotatable bonds is 3. The van der Waals surface area contributed by atoms with Crippen molar-refractivity contribution in [3.8, 4) is 0 Å². The zero-order valence-corrected chi connectivity index (χ0v) is 11.2. The topological polar surface area (TPSA) is 23.5 Å². The molecule has 1 aromatic rings. The largest absolute Gasteiger partial charge is 0.393 e. The molecule has 1 aromatic carbocycles. The Kier molecular flexibility index (Phi) is 4.00. The lowest BCUT2D eigenvalue weighted by molar-refractivity contribution is 0.127. The fourth-order valence-electron chi connectivity index (χ4n) is 2.27. The van der Waals surface area contributed by atoms with Gasteiger partial charge in [0.05, 0.1) is 6.10 Å². The second kappa shape index (κ2) is 5.30. The predicted molar refractivity (Wildman–Crippen MR) is 69.2 cm³/mol. The van der Waals surface area contributed by atoms with Gasteiger partial charge < -0.3 is 5.11 Å². The fraction of sp³-hybridized carbons (Fsp3) is 0.538. The van der Waals surface area contributed by atoms with Gasteiger partial charge in [-0.2, -0.15) is 0 Å². The number of benzene rings is 1. The van der Waals surface area contributed by atoms with E-state index in [4.69, 9.17) is 0 Å². The van der Waals surface area contributed by atoms with E-state index < -0.39 is 0 Å². The van der Waals surface area contributed by atoms with Gasteiger partial charge in [-0.15, -0.1) is 0 Å². The second-order valence-electron chi connectivity index (χ2n) is 4.62. The Morgan fingerprint density at radius 3 is 2.88 bits per heavy atom. The molecule has 2 rings (SSSR count). The molecule has 1 fully saturated rings. The van der Waals surface area contributed by atoms with E-state index in [1.54, 1.807) is 0 Å². The molecule has 0 aromatic heterocycles. The number of halogens is 1. The molecule has 0 aliphatic carbocycles. The Hall–Kier alpha value is -0.380. The first-order valence-electron chi connectivity index (χ1n) is 5.80. The first kappa shape index (κ1) is 12.1. The first-order chi connectivity index (χ1) is 7.66. The number of aliphatic hydroxyl groups excluding tert-OH is 1.